The van der Waals surface area contributed by atoms with Gasteiger partial charge in [0.05, 0.1) is 12.2 Å². The molecule has 0 fully saturated rings. The maximum absolute atomic E-state index is 12.3. The van der Waals surface area contributed by atoms with Gasteiger partial charge in [0.15, 0.2) is 0 Å². The third-order valence-electron chi connectivity index (χ3n) is 5.17. The number of carbonyl (C=O) groups is 1. The SMILES string of the molecule is CCCCCCCCC(CCCCCC)COC(=O)c1ccc(C)cc1. The summed E-state index contributed by atoms with van der Waals surface area (Å²) in [6.45, 7) is 7.11. The molecular formula is C24H40O2. The second-order valence-corrected chi connectivity index (χ2v) is 7.74. The second kappa shape index (κ2) is 14.8. The van der Waals surface area contributed by atoms with Gasteiger partial charge in [0.1, 0.15) is 0 Å². The first-order chi connectivity index (χ1) is 12.7. The van der Waals surface area contributed by atoms with Gasteiger partial charge in [-0.25, -0.2) is 4.79 Å². The van der Waals surface area contributed by atoms with Crippen LogP contribution < -0.4 is 0 Å². The number of esters is 1. The van der Waals surface area contributed by atoms with E-state index in [-0.39, 0.29) is 5.97 Å². The van der Waals surface area contributed by atoms with Gasteiger partial charge >= 0.3 is 5.97 Å². The molecule has 0 heterocycles. The van der Waals surface area contributed by atoms with Crippen LogP contribution in [0.4, 0.5) is 0 Å². The monoisotopic (exact) mass is 360 g/mol. The summed E-state index contributed by atoms with van der Waals surface area (Å²) in [5.74, 6) is 0.346. The Morgan fingerprint density at radius 1 is 0.808 bits per heavy atom. The molecule has 26 heavy (non-hydrogen) atoms. The fourth-order valence-electron chi connectivity index (χ4n) is 3.35. The molecular weight excluding hydrogens is 320 g/mol. The van der Waals surface area contributed by atoms with Gasteiger partial charge in [-0.3, -0.25) is 0 Å². The summed E-state index contributed by atoms with van der Waals surface area (Å²) < 4.78 is 5.64. The number of ether oxygens (including phenoxy) is 1. The van der Waals surface area contributed by atoms with Crippen molar-refractivity contribution in [3.05, 3.63) is 35.4 Å². The van der Waals surface area contributed by atoms with Crippen molar-refractivity contribution in [3.63, 3.8) is 0 Å². The van der Waals surface area contributed by atoms with Gasteiger partial charge in [-0.05, 0) is 37.8 Å². The van der Waals surface area contributed by atoms with Crippen molar-refractivity contribution in [1.82, 2.24) is 0 Å². The minimum Gasteiger partial charge on any atom is -0.462 e. The average molecular weight is 361 g/mol. The van der Waals surface area contributed by atoms with Gasteiger partial charge < -0.3 is 4.74 Å². The molecule has 0 saturated heterocycles. The molecule has 0 N–H and O–H groups in total. The van der Waals surface area contributed by atoms with Crippen LogP contribution in [0.1, 0.15) is 107 Å². The fourth-order valence-corrected chi connectivity index (χ4v) is 3.35. The Balaban J connectivity index is 2.36. The molecule has 1 unspecified atom stereocenters. The summed E-state index contributed by atoms with van der Waals surface area (Å²) >= 11 is 0. The van der Waals surface area contributed by atoms with Crippen LogP contribution in [-0.2, 0) is 4.74 Å². The first-order valence-corrected chi connectivity index (χ1v) is 10.9. The van der Waals surface area contributed by atoms with Gasteiger partial charge in [-0.2, -0.15) is 0 Å². The van der Waals surface area contributed by atoms with E-state index < -0.39 is 0 Å². The number of hydrogen-bond acceptors (Lipinski definition) is 2. The molecule has 0 spiro atoms. The summed E-state index contributed by atoms with van der Waals surface area (Å²) in [6, 6.07) is 7.66. The van der Waals surface area contributed by atoms with Crippen molar-refractivity contribution >= 4 is 5.97 Å². The minimum atomic E-state index is -0.175. The number of carbonyl (C=O) groups excluding carboxylic acids is 1. The minimum absolute atomic E-state index is 0.175. The summed E-state index contributed by atoms with van der Waals surface area (Å²) in [7, 11) is 0. The summed E-state index contributed by atoms with van der Waals surface area (Å²) in [5, 5.41) is 0. The molecule has 1 aromatic rings. The fraction of sp³-hybridized carbons (Fsp3) is 0.708. The van der Waals surface area contributed by atoms with Crippen molar-refractivity contribution in [2.24, 2.45) is 5.92 Å². The van der Waals surface area contributed by atoms with E-state index in [4.69, 9.17) is 4.74 Å². The zero-order chi connectivity index (χ0) is 19.0. The molecule has 0 aliphatic heterocycles. The zero-order valence-corrected chi connectivity index (χ0v) is 17.4. The number of benzene rings is 1. The van der Waals surface area contributed by atoms with E-state index in [9.17, 15) is 4.79 Å². The zero-order valence-electron chi connectivity index (χ0n) is 17.4. The number of unbranched alkanes of at least 4 members (excludes halogenated alkanes) is 8. The van der Waals surface area contributed by atoms with Crippen molar-refractivity contribution in [3.8, 4) is 0 Å². The van der Waals surface area contributed by atoms with Crippen molar-refractivity contribution in [2.45, 2.75) is 97.8 Å². The Hall–Kier alpha value is -1.31. The lowest BCUT2D eigenvalue weighted by Crippen LogP contribution is -2.15. The normalized spacial score (nSPS) is 12.1. The third kappa shape index (κ3) is 10.6. The van der Waals surface area contributed by atoms with Gasteiger partial charge in [0, 0.05) is 0 Å². The number of aryl methyl sites for hydroxylation is 1. The molecule has 1 rings (SSSR count). The molecule has 0 radical (unpaired) electrons. The molecule has 0 aliphatic rings. The van der Waals surface area contributed by atoms with E-state index in [1.807, 2.05) is 31.2 Å². The Bertz CT molecular complexity index is 464. The van der Waals surface area contributed by atoms with Crippen LogP contribution in [0.3, 0.4) is 0 Å². The van der Waals surface area contributed by atoms with Crippen molar-refractivity contribution in [2.75, 3.05) is 6.61 Å². The highest BCUT2D eigenvalue weighted by molar-refractivity contribution is 5.89. The molecule has 0 amide bonds. The van der Waals surface area contributed by atoms with Gasteiger partial charge in [-0.15, -0.1) is 0 Å². The highest BCUT2D eigenvalue weighted by atomic mass is 16.5. The molecule has 0 aromatic heterocycles. The van der Waals surface area contributed by atoms with E-state index in [0.717, 1.165) is 0 Å². The van der Waals surface area contributed by atoms with Crippen LogP contribution in [0.15, 0.2) is 24.3 Å². The highest BCUT2D eigenvalue weighted by Crippen LogP contribution is 2.20. The lowest BCUT2D eigenvalue weighted by Gasteiger charge is -2.17. The van der Waals surface area contributed by atoms with E-state index in [1.165, 1.54) is 82.6 Å². The van der Waals surface area contributed by atoms with Crippen LogP contribution in [0.25, 0.3) is 0 Å². The van der Waals surface area contributed by atoms with E-state index in [0.29, 0.717) is 18.1 Å². The third-order valence-corrected chi connectivity index (χ3v) is 5.17. The van der Waals surface area contributed by atoms with Crippen LogP contribution in [0.2, 0.25) is 0 Å². The molecule has 0 aliphatic carbocycles. The smallest absolute Gasteiger partial charge is 0.338 e. The lowest BCUT2D eigenvalue weighted by molar-refractivity contribution is 0.0422. The van der Waals surface area contributed by atoms with Gasteiger partial charge in [0.2, 0.25) is 0 Å². The van der Waals surface area contributed by atoms with Gasteiger partial charge in [0.25, 0.3) is 0 Å². The lowest BCUT2D eigenvalue weighted by atomic mass is 9.95. The summed E-state index contributed by atoms with van der Waals surface area (Å²) in [6.07, 6.45) is 15.5. The van der Waals surface area contributed by atoms with E-state index in [2.05, 4.69) is 13.8 Å². The Labute approximate surface area is 161 Å². The summed E-state index contributed by atoms with van der Waals surface area (Å²) in [5.41, 5.74) is 1.83. The Morgan fingerprint density at radius 2 is 1.31 bits per heavy atom. The molecule has 2 heteroatoms. The topological polar surface area (TPSA) is 26.3 Å². The Kier molecular flexibility index (Phi) is 13.0. The average Bonchev–Trinajstić information content (AvgIpc) is 2.65. The molecule has 0 bridgehead atoms. The predicted octanol–water partition coefficient (Wildman–Crippen LogP) is 7.49. The highest BCUT2D eigenvalue weighted by Gasteiger charge is 2.13. The van der Waals surface area contributed by atoms with Crippen LogP contribution in [-0.4, -0.2) is 12.6 Å². The number of hydrogen-bond donors (Lipinski definition) is 0. The predicted molar refractivity (Wildman–Crippen MR) is 112 cm³/mol. The van der Waals surface area contributed by atoms with Crippen LogP contribution in [0.5, 0.6) is 0 Å². The van der Waals surface area contributed by atoms with Crippen LogP contribution >= 0.6 is 0 Å². The molecule has 0 saturated carbocycles. The molecule has 2 nitrogen and oxygen atoms in total. The van der Waals surface area contributed by atoms with E-state index >= 15 is 0 Å². The largest absolute Gasteiger partial charge is 0.462 e. The van der Waals surface area contributed by atoms with Crippen molar-refractivity contribution < 1.29 is 9.53 Å². The first kappa shape index (κ1) is 22.7. The van der Waals surface area contributed by atoms with Crippen LogP contribution in [0, 0.1) is 12.8 Å². The molecule has 1 aromatic carbocycles. The van der Waals surface area contributed by atoms with Crippen molar-refractivity contribution in [1.29, 1.82) is 0 Å². The molecule has 148 valence electrons. The van der Waals surface area contributed by atoms with Gasteiger partial charge in [-0.1, -0.05) is 95.8 Å². The maximum Gasteiger partial charge on any atom is 0.338 e. The molecule has 1 atom stereocenters. The quantitative estimate of drug-likeness (QED) is 0.239. The maximum atomic E-state index is 12.3. The first-order valence-electron chi connectivity index (χ1n) is 10.9. The van der Waals surface area contributed by atoms with E-state index in [1.54, 1.807) is 0 Å². The Morgan fingerprint density at radius 3 is 1.88 bits per heavy atom. The second-order valence-electron chi connectivity index (χ2n) is 7.74. The standard InChI is InChI=1S/C24H40O2/c1-4-6-8-10-11-13-15-22(14-12-9-7-5-2)20-26-24(25)23-18-16-21(3)17-19-23/h16-19,22H,4-15,20H2,1-3H3. The number of rotatable bonds is 15. The summed E-state index contributed by atoms with van der Waals surface area (Å²) in [4.78, 5) is 12.3.